The first-order valence-electron chi connectivity index (χ1n) is 6.95. The molecule has 2 N–H and O–H groups in total. The zero-order chi connectivity index (χ0) is 15.9. The Balaban J connectivity index is 1.97. The van der Waals surface area contributed by atoms with Crippen molar-refractivity contribution in [1.82, 2.24) is 5.32 Å². The van der Waals surface area contributed by atoms with E-state index in [2.05, 4.69) is 21.2 Å². The monoisotopic (exact) mass is 381 g/mol. The first-order chi connectivity index (χ1) is 10.6. The van der Waals surface area contributed by atoms with Crippen molar-refractivity contribution in [3.05, 3.63) is 70.7 Å². The van der Waals surface area contributed by atoms with Gasteiger partial charge in [-0.1, -0.05) is 70.0 Å². The Bertz CT molecular complexity index is 604. The maximum atomic E-state index is 12.3. The van der Waals surface area contributed by atoms with Crippen molar-refractivity contribution in [1.29, 1.82) is 0 Å². The van der Waals surface area contributed by atoms with Gasteiger partial charge in [0, 0.05) is 5.02 Å². The van der Waals surface area contributed by atoms with E-state index in [4.69, 9.17) is 11.6 Å². The Morgan fingerprint density at radius 2 is 1.77 bits per heavy atom. The third-order valence-corrected chi connectivity index (χ3v) is 4.48. The number of aliphatic hydroxyl groups excluding tert-OH is 1. The van der Waals surface area contributed by atoms with Crippen LogP contribution in [0.4, 0.5) is 0 Å². The van der Waals surface area contributed by atoms with E-state index in [1.807, 2.05) is 42.5 Å². The predicted octanol–water partition coefficient (Wildman–Crippen LogP) is 3.50. The predicted molar refractivity (Wildman–Crippen MR) is 92.3 cm³/mol. The Morgan fingerprint density at radius 3 is 2.36 bits per heavy atom. The average molecular weight is 383 g/mol. The summed E-state index contributed by atoms with van der Waals surface area (Å²) in [5.74, 6) is -0.167. The van der Waals surface area contributed by atoms with Gasteiger partial charge in [0.2, 0.25) is 5.91 Å². The van der Waals surface area contributed by atoms with Crippen LogP contribution in [0.15, 0.2) is 54.6 Å². The summed E-state index contributed by atoms with van der Waals surface area (Å²) in [5, 5.41) is 13.0. The SMILES string of the molecule is O=C(NC(CO)Cc1ccc(Cl)cc1)C(Br)c1ccccc1. The van der Waals surface area contributed by atoms with Crippen molar-refractivity contribution < 1.29 is 9.90 Å². The van der Waals surface area contributed by atoms with Crippen molar-refractivity contribution in [2.24, 2.45) is 0 Å². The average Bonchev–Trinajstić information content (AvgIpc) is 2.56. The summed E-state index contributed by atoms with van der Waals surface area (Å²) in [7, 11) is 0. The summed E-state index contributed by atoms with van der Waals surface area (Å²) in [5.41, 5.74) is 1.89. The number of halogens is 2. The van der Waals surface area contributed by atoms with Gasteiger partial charge < -0.3 is 10.4 Å². The van der Waals surface area contributed by atoms with Gasteiger partial charge >= 0.3 is 0 Å². The minimum absolute atomic E-state index is 0.122. The lowest BCUT2D eigenvalue weighted by molar-refractivity contribution is -0.121. The maximum absolute atomic E-state index is 12.3. The highest BCUT2D eigenvalue weighted by Crippen LogP contribution is 2.22. The number of aliphatic hydroxyl groups is 1. The van der Waals surface area contributed by atoms with Gasteiger partial charge in [-0.15, -0.1) is 0 Å². The molecule has 3 nitrogen and oxygen atoms in total. The van der Waals surface area contributed by atoms with Crippen LogP contribution in [0.5, 0.6) is 0 Å². The zero-order valence-electron chi connectivity index (χ0n) is 11.9. The molecule has 0 aromatic heterocycles. The number of alkyl halides is 1. The molecule has 0 aliphatic rings. The standard InChI is InChI=1S/C17H17BrClNO2/c18-16(13-4-2-1-3-5-13)17(22)20-15(11-21)10-12-6-8-14(19)9-7-12/h1-9,15-16,21H,10-11H2,(H,20,22). The molecule has 1 amide bonds. The summed E-state index contributed by atoms with van der Waals surface area (Å²) in [6.45, 7) is -0.122. The molecule has 22 heavy (non-hydrogen) atoms. The summed E-state index contributed by atoms with van der Waals surface area (Å²) in [4.78, 5) is 11.8. The smallest absolute Gasteiger partial charge is 0.238 e. The molecule has 2 atom stereocenters. The van der Waals surface area contributed by atoms with E-state index in [0.717, 1.165) is 11.1 Å². The van der Waals surface area contributed by atoms with Crippen LogP contribution in [0.25, 0.3) is 0 Å². The maximum Gasteiger partial charge on any atom is 0.238 e. The van der Waals surface area contributed by atoms with Crippen molar-refractivity contribution in [3.8, 4) is 0 Å². The van der Waals surface area contributed by atoms with Crippen LogP contribution < -0.4 is 5.32 Å². The number of nitrogens with one attached hydrogen (secondary N) is 1. The van der Waals surface area contributed by atoms with Crippen molar-refractivity contribution in [2.75, 3.05) is 6.61 Å². The number of amides is 1. The molecule has 0 radical (unpaired) electrons. The van der Waals surface area contributed by atoms with Gasteiger partial charge in [0.05, 0.1) is 12.6 Å². The number of hydrogen-bond acceptors (Lipinski definition) is 2. The number of rotatable bonds is 6. The molecule has 2 unspecified atom stereocenters. The highest BCUT2D eigenvalue weighted by Gasteiger charge is 2.20. The molecule has 2 rings (SSSR count). The van der Waals surface area contributed by atoms with Crippen molar-refractivity contribution >= 4 is 33.4 Å². The molecule has 2 aromatic rings. The molecule has 0 saturated carbocycles. The molecule has 0 heterocycles. The Labute approximate surface area is 143 Å². The first kappa shape index (κ1) is 17.0. The second kappa shape index (κ2) is 8.32. The third-order valence-electron chi connectivity index (χ3n) is 3.28. The Hall–Kier alpha value is -1.36. The summed E-state index contributed by atoms with van der Waals surface area (Å²) in [6.07, 6.45) is 0.550. The number of hydrogen-bond donors (Lipinski definition) is 2. The molecule has 0 spiro atoms. The fourth-order valence-corrected chi connectivity index (χ4v) is 2.68. The van der Waals surface area contributed by atoms with Crippen molar-refractivity contribution in [2.45, 2.75) is 17.3 Å². The van der Waals surface area contributed by atoms with Crippen LogP contribution in [-0.2, 0) is 11.2 Å². The molecule has 0 aliphatic heterocycles. The van der Waals surface area contributed by atoms with Gasteiger partial charge in [-0.25, -0.2) is 0 Å². The minimum atomic E-state index is -0.437. The lowest BCUT2D eigenvalue weighted by atomic mass is 10.1. The zero-order valence-corrected chi connectivity index (χ0v) is 14.2. The fourth-order valence-electron chi connectivity index (χ4n) is 2.11. The van der Waals surface area contributed by atoms with E-state index < -0.39 is 4.83 Å². The fraction of sp³-hybridized carbons (Fsp3) is 0.235. The van der Waals surface area contributed by atoms with E-state index in [1.165, 1.54) is 0 Å². The lowest BCUT2D eigenvalue weighted by Gasteiger charge is -2.19. The van der Waals surface area contributed by atoms with Crippen LogP contribution in [0.1, 0.15) is 16.0 Å². The second-order valence-corrected chi connectivity index (χ2v) is 6.34. The summed E-state index contributed by atoms with van der Waals surface area (Å²) >= 11 is 9.24. The summed E-state index contributed by atoms with van der Waals surface area (Å²) < 4.78 is 0. The first-order valence-corrected chi connectivity index (χ1v) is 8.24. The van der Waals surface area contributed by atoms with Gasteiger partial charge in [-0.05, 0) is 29.7 Å². The molecule has 5 heteroatoms. The van der Waals surface area contributed by atoms with Gasteiger partial charge in [0.25, 0.3) is 0 Å². The normalized spacial score (nSPS) is 13.4. The minimum Gasteiger partial charge on any atom is -0.394 e. The van der Waals surface area contributed by atoms with Crippen molar-refractivity contribution in [3.63, 3.8) is 0 Å². The number of carbonyl (C=O) groups is 1. The van der Waals surface area contributed by atoms with Gasteiger partial charge in [-0.3, -0.25) is 4.79 Å². The highest BCUT2D eigenvalue weighted by molar-refractivity contribution is 9.09. The molecular weight excluding hydrogens is 366 g/mol. The van der Waals surface area contributed by atoms with Crippen LogP contribution in [0.2, 0.25) is 5.02 Å². The van der Waals surface area contributed by atoms with E-state index in [0.29, 0.717) is 11.4 Å². The van der Waals surface area contributed by atoms with Crippen LogP contribution in [0, 0.1) is 0 Å². The van der Waals surface area contributed by atoms with Gasteiger partial charge in [0.1, 0.15) is 4.83 Å². The third kappa shape index (κ3) is 4.83. The van der Waals surface area contributed by atoms with E-state index in [-0.39, 0.29) is 18.6 Å². The van der Waals surface area contributed by atoms with Crippen LogP contribution in [0.3, 0.4) is 0 Å². The molecule has 0 fully saturated rings. The Kier molecular flexibility index (Phi) is 6.43. The number of benzene rings is 2. The molecule has 116 valence electrons. The van der Waals surface area contributed by atoms with Gasteiger partial charge in [0.15, 0.2) is 0 Å². The van der Waals surface area contributed by atoms with Crippen LogP contribution >= 0.6 is 27.5 Å². The Morgan fingerprint density at radius 1 is 1.14 bits per heavy atom. The van der Waals surface area contributed by atoms with E-state index in [1.54, 1.807) is 12.1 Å². The van der Waals surface area contributed by atoms with Crippen LogP contribution in [-0.4, -0.2) is 23.7 Å². The lowest BCUT2D eigenvalue weighted by Crippen LogP contribution is -2.40. The molecular formula is C17H17BrClNO2. The van der Waals surface area contributed by atoms with E-state index >= 15 is 0 Å². The number of carbonyl (C=O) groups excluding carboxylic acids is 1. The summed E-state index contributed by atoms with van der Waals surface area (Å²) in [6, 6.07) is 16.5. The second-order valence-electron chi connectivity index (χ2n) is 4.99. The van der Waals surface area contributed by atoms with E-state index in [9.17, 15) is 9.90 Å². The molecule has 0 bridgehead atoms. The molecule has 0 aliphatic carbocycles. The largest absolute Gasteiger partial charge is 0.394 e. The topological polar surface area (TPSA) is 49.3 Å². The highest BCUT2D eigenvalue weighted by atomic mass is 79.9. The van der Waals surface area contributed by atoms with Gasteiger partial charge in [-0.2, -0.15) is 0 Å². The molecule has 2 aromatic carbocycles. The quantitative estimate of drug-likeness (QED) is 0.751. The molecule has 0 saturated heterocycles.